The summed E-state index contributed by atoms with van der Waals surface area (Å²) < 4.78 is 28.1. The summed E-state index contributed by atoms with van der Waals surface area (Å²) in [6, 6.07) is 6.83. The molecule has 112 valence electrons. The molecule has 1 saturated carbocycles. The van der Waals surface area contributed by atoms with Crippen molar-refractivity contribution in [3.05, 3.63) is 24.3 Å². The highest BCUT2D eigenvalue weighted by Crippen LogP contribution is 2.44. The van der Waals surface area contributed by atoms with E-state index in [2.05, 4.69) is 19.2 Å². The van der Waals surface area contributed by atoms with Crippen molar-refractivity contribution in [3.63, 3.8) is 0 Å². The van der Waals surface area contributed by atoms with Crippen LogP contribution < -0.4 is 10.5 Å². The van der Waals surface area contributed by atoms with Gasteiger partial charge in [-0.1, -0.05) is 13.8 Å². The van der Waals surface area contributed by atoms with Crippen molar-refractivity contribution in [2.24, 2.45) is 10.6 Å². The first-order valence-corrected chi connectivity index (χ1v) is 8.30. The van der Waals surface area contributed by atoms with Gasteiger partial charge < -0.3 is 10.1 Å². The van der Waals surface area contributed by atoms with Crippen LogP contribution >= 0.6 is 0 Å². The molecule has 0 bridgehead atoms. The summed E-state index contributed by atoms with van der Waals surface area (Å²) in [5, 5.41) is 8.50. The lowest BCUT2D eigenvalue weighted by atomic mass is 9.64. The van der Waals surface area contributed by atoms with E-state index in [9.17, 15) is 8.42 Å². The molecule has 3 N–H and O–H groups in total. The van der Waals surface area contributed by atoms with E-state index in [1.165, 1.54) is 12.1 Å². The molecular formula is C14H22N2O3S. The number of sulfonamides is 1. The Labute approximate surface area is 120 Å². The number of benzene rings is 1. The molecule has 2 atom stereocenters. The number of nitrogens with two attached hydrogens (primary N) is 1. The summed E-state index contributed by atoms with van der Waals surface area (Å²) in [4.78, 5) is 0.128. The molecule has 0 saturated heterocycles. The normalized spacial score (nSPS) is 25.0. The number of primary sulfonamides is 1. The summed E-state index contributed by atoms with van der Waals surface area (Å²) in [6.07, 6.45) is 1.23. The van der Waals surface area contributed by atoms with E-state index in [4.69, 9.17) is 9.88 Å². The zero-order valence-electron chi connectivity index (χ0n) is 12.1. The highest BCUT2D eigenvalue weighted by Gasteiger charge is 2.48. The minimum Gasteiger partial charge on any atom is -0.382 e. The lowest BCUT2D eigenvalue weighted by Gasteiger charge is -2.52. The number of rotatable bonds is 5. The van der Waals surface area contributed by atoms with Gasteiger partial charge in [0.1, 0.15) is 0 Å². The third-order valence-corrected chi connectivity index (χ3v) is 5.00. The van der Waals surface area contributed by atoms with Crippen LogP contribution in [0.25, 0.3) is 0 Å². The summed E-state index contributed by atoms with van der Waals surface area (Å²) in [5.41, 5.74) is 0.958. The number of hydrogen-bond acceptors (Lipinski definition) is 4. The first-order chi connectivity index (χ1) is 9.25. The third-order valence-electron chi connectivity index (χ3n) is 4.07. The molecule has 1 aliphatic carbocycles. The fourth-order valence-corrected chi connectivity index (χ4v) is 3.07. The van der Waals surface area contributed by atoms with Crippen molar-refractivity contribution in [2.45, 2.75) is 44.2 Å². The first kappa shape index (κ1) is 15.3. The highest BCUT2D eigenvalue weighted by molar-refractivity contribution is 7.89. The van der Waals surface area contributed by atoms with Gasteiger partial charge in [-0.25, -0.2) is 13.6 Å². The van der Waals surface area contributed by atoms with E-state index in [1.54, 1.807) is 12.1 Å². The van der Waals surface area contributed by atoms with Crippen molar-refractivity contribution < 1.29 is 13.2 Å². The van der Waals surface area contributed by atoms with E-state index >= 15 is 0 Å². The topological polar surface area (TPSA) is 81.4 Å². The number of nitrogens with one attached hydrogen (secondary N) is 1. The molecule has 20 heavy (non-hydrogen) atoms. The first-order valence-electron chi connectivity index (χ1n) is 6.76. The monoisotopic (exact) mass is 298 g/mol. The lowest BCUT2D eigenvalue weighted by Crippen LogP contribution is -2.58. The second-order valence-electron chi connectivity index (χ2n) is 5.77. The Balaban J connectivity index is 2.02. The predicted molar refractivity (Wildman–Crippen MR) is 79.0 cm³/mol. The maximum atomic E-state index is 11.2. The number of anilines is 1. The van der Waals surface area contributed by atoms with E-state index in [-0.39, 0.29) is 16.4 Å². The largest absolute Gasteiger partial charge is 0.382 e. The average molecular weight is 298 g/mol. The van der Waals surface area contributed by atoms with Crippen LogP contribution in [0.4, 0.5) is 5.69 Å². The van der Waals surface area contributed by atoms with Gasteiger partial charge in [-0.05, 0) is 37.6 Å². The Morgan fingerprint density at radius 1 is 1.35 bits per heavy atom. The second kappa shape index (κ2) is 5.35. The zero-order valence-corrected chi connectivity index (χ0v) is 12.9. The second-order valence-corrected chi connectivity index (χ2v) is 7.33. The van der Waals surface area contributed by atoms with E-state index in [0.717, 1.165) is 18.7 Å². The standard InChI is InChI=1S/C14H22N2O3S/c1-4-19-13-9-12(14(13,2)3)16-10-5-7-11(8-6-10)20(15,17)18/h5-8,12-13,16H,4,9H2,1-3H3,(H2,15,17,18). The summed E-state index contributed by atoms with van der Waals surface area (Å²) in [7, 11) is -3.63. The molecule has 0 spiro atoms. The van der Waals surface area contributed by atoms with Crippen LogP contribution in [0.2, 0.25) is 0 Å². The van der Waals surface area contributed by atoms with Crippen LogP contribution in [0.5, 0.6) is 0 Å². The van der Waals surface area contributed by atoms with Crippen molar-refractivity contribution >= 4 is 15.7 Å². The van der Waals surface area contributed by atoms with Crippen LogP contribution in [-0.2, 0) is 14.8 Å². The molecule has 2 rings (SSSR count). The van der Waals surface area contributed by atoms with Crippen LogP contribution in [0, 0.1) is 5.41 Å². The fraction of sp³-hybridized carbons (Fsp3) is 0.571. The van der Waals surface area contributed by atoms with Gasteiger partial charge in [0.25, 0.3) is 0 Å². The molecule has 1 aromatic carbocycles. The average Bonchev–Trinajstić information content (AvgIpc) is 2.37. The van der Waals surface area contributed by atoms with Crippen molar-refractivity contribution in [3.8, 4) is 0 Å². The molecule has 0 radical (unpaired) electrons. The van der Waals surface area contributed by atoms with Gasteiger partial charge in [0.2, 0.25) is 10.0 Å². The van der Waals surface area contributed by atoms with Crippen molar-refractivity contribution in [2.75, 3.05) is 11.9 Å². The van der Waals surface area contributed by atoms with E-state index in [0.29, 0.717) is 6.04 Å². The minimum absolute atomic E-state index is 0.0641. The zero-order chi connectivity index (χ0) is 15.0. The highest BCUT2D eigenvalue weighted by atomic mass is 32.2. The molecule has 0 heterocycles. The molecular weight excluding hydrogens is 276 g/mol. The fourth-order valence-electron chi connectivity index (χ4n) is 2.56. The van der Waals surface area contributed by atoms with Crippen LogP contribution in [0.3, 0.4) is 0 Å². The van der Waals surface area contributed by atoms with Gasteiger partial charge in [0.15, 0.2) is 0 Å². The van der Waals surface area contributed by atoms with Gasteiger partial charge in [-0.3, -0.25) is 0 Å². The molecule has 1 aromatic rings. The van der Waals surface area contributed by atoms with E-state index < -0.39 is 10.0 Å². The Kier molecular flexibility index (Phi) is 4.09. The molecule has 0 amide bonds. The number of hydrogen-bond donors (Lipinski definition) is 2. The van der Waals surface area contributed by atoms with Crippen LogP contribution in [-0.4, -0.2) is 27.2 Å². The molecule has 2 unspecified atom stereocenters. The molecule has 0 aromatic heterocycles. The minimum atomic E-state index is -3.63. The summed E-state index contributed by atoms with van der Waals surface area (Å²) in [5.74, 6) is 0. The van der Waals surface area contributed by atoms with Crippen LogP contribution in [0.1, 0.15) is 27.2 Å². The maximum Gasteiger partial charge on any atom is 0.238 e. The Morgan fingerprint density at radius 2 is 1.95 bits per heavy atom. The van der Waals surface area contributed by atoms with E-state index in [1.807, 2.05) is 6.92 Å². The van der Waals surface area contributed by atoms with Crippen LogP contribution in [0.15, 0.2) is 29.2 Å². The Hall–Kier alpha value is -1.11. The van der Waals surface area contributed by atoms with Crippen molar-refractivity contribution in [1.29, 1.82) is 0 Å². The van der Waals surface area contributed by atoms with Gasteiger partial charge in [-0.15, -0.1) is 0 Å². The number of ether oxygens (including phenoxy) is 1. The van der Waals surface area contributed by atoms with Gasteiger partial charge in [0, 0.05) is 23.8 Å². The van der Waals surface area contributed by atoms with Gasteiger partial charge in [0.05, 0.1) is 11.0 Å². The molecule has 5 nitrogen and oxygen atoms in total. The Morgan fingerprint density at radius 3 is 2.40 bits per heavy atom. The third kappa shape index (κ3) is 2.97. The summed E-state index contributed by atoms with van der Waals surface area (Å²) >= 11 is 0. The quantitative estimate of drug-likeness (QED) is 0.870. The smallest absolute Gasteiger partial charge is 0.238 e. The lowest BCUT2D eigenvalue weighted by molar-refractivity contribution is -0.0975. The van der Waals surface area contributed by atoms with Gasteiger partial charge in [-0.2, -0.15) is 0 Å². The molecule has 1 fully saturated rings. The SMILES string of the molecule is CCOC1CC(Nc2ccc(S(N)(=O)=O)cc2)C1(C)C. The van der Waals surface area contributed by atoms with Gasteiger partial charge >= 0.3 is 0 Å². The molecule has 6 heteroatoms. The molecule has 1 aliphatic rings. The molecule has 0 aliphatic heterocycles. The predicted octanol–water partition coefficient (Wildman–Crippen LogP) is 1.95. The van der Waals surface area contributed by atoms with Crippen molar-refractivity contribution in [1.82, 2.24) is 0 Å². The summed E-state index contributed by atoms with van der Waals surface area (Å²) in [6.45, 7) is 7.08. The maximum absolute atomic E-state index is 11.2. The Bertz CT molecular complexity index is 567.